The first-order valence-electron chi connectivity index (χ1n) is 12.5. The van der Waals surface area contributed by atoms with E-state index in [0.717, 1.165) is 25.9 Å². The van der Waals surface area contributed by atoms with Gasteiger partial charge in [0.2, 0.25) is 5.91 Å². The predicted molar refractivity (Wildman–Crippen MR) is 137 cm³/mol. The highest BCUT2D eigenvalue weighted by molar-refractivity contribution is 6.00. The third kappa shape index (κ3) is 6.41. The maximum absolute atomic E-state index is 13.5. The van der Waals surface area contributed by atoms with Crippen LogP contribution < -0.4 is 10.1 Å². The Morgan fingerprint density at radius 3 is 2.54 bits per heavy atom. The lowest BCUT2D eigenvalue weighted by atomic mass is 10.0. The van der Waals surface area contributed by atoms with Gasteiger partial charge in [0.15, 0.2) is 0 Å². The zero-order chi connectivity index (χ0) is 24.9. The molecule has 1 aliphatic heterocycles. The lowest BCUT2D eigenvalue weighted by Crippen LogP contribution is -2.46. The molecule has 3 atom stereocenters. The lowest BCUT2D eigenvalue weighted by Gasteiger charge is -2.36. The van der Waals surface area contributed by atoms with Gasteiger partial charge in [-0.25, -0.2) is 0 Å². The van der Waals surface area contributed by atoms with Crippen molar-refractivity contribution in [2.24, 2.45) is 11.8 Å². The van der Waals surface area contributed by atoms with Crippen molar-refractivity contribution < 1.29 is 19.1 Å². The number of hydrogen-bond acceptors (Lipinski definition) is 5. The number of benzene rings is 2. The molecule has 0 spiro atoms. The zero-order valence-electron chi connectivity index (χ0n) is 21.2. The van der Waals surface area contributed by atoms with Gasteiger partial charge in [-0.1, -0.05) is 37.3 Å². The number of methoxy groups -OCH3 is 1. The van der Waals surface area contributed by atoms with Gasteiger partial charge >= 0.3 is 0 Å². The number of nitrogens with one attached hydrogen (secondary N) is 1. The molecule has 2 aliphatic rings. The molecule has 1 saturated carbocycles. The molecule has 7 heteroatoms. The smallest absolute Gasteiger partial charge is 0.257 e. The molecule has 1 aliphatic carbocycles. The van der Waals surface area contributed by atoms with Gasteiger partial charge < -0.3 is 19.7 Å². The molecule has 2 aromatic rings. The first kappa shape index (κ1) is 25.2. The summed E-state index contributed by atoms with van der Waals surface area (Å²) in [6.07, 6.45) is 1.74. The third-order valence-electron chi connectivity index (χ3n) is 7.02. The molecular formula is C28H37N3O4. The van der Waals surface area contributed by atoms with E-state index in [1.54, 1.807) is 31.2 Å². The van der Waals surface area contributed by atoms with E-state index >= 15 is 0 Å². The molecule has 0 radical (unpaired) electrons. The number of rotatable bonds is 5. The largest absolute Gasteiger partial charge is 0.491 e. The van der Waals surface area contributed by atoms with Crippen molar-refractivity contribution in [1.29, 1.82) is 0 Å². The van der Waals surface area contributed by atoms with Crippen LogP contribution in [0, 0.1) is 11.8 Å². The minimum Gasteiger partial charge on any atom is -0.491 e. The highest BCUT2D eigenvalue weighted by Gasteiger charge is 2.31. The fourth-order valence-electron chi connectivity index (χ4n) is 4.56. The van der Waals surface area contributed by atoms with Gasteiger partial charge in [-0.15, -0.1) is 0 Å². The van der Waals surface area contributed by atoms with Crippen molar-refractivity contribution in [2.75, 3.05) is 39.2 Å². The van der Waals surface area contributed by atoms with Gasteiger partial charge in [-0.3, -0.25) is 14.5 Å². The van der Waals surface area contributed by atoms with E-state index in [9.17, 15) is 9.59 Å². The minimum absolute atomic E-state index is 0.0123. The number of carbonyl (C=O) groups excluding carboxylic acids is 2. The molecule has 2 amide bonds. The number of carbonyl (C=O) groups is 2. The maximum atomic E-state index is 13.5. The Morgan fingerprint density at radius 2 is 1.86 bits per heavy atom. The van der Waals surface area contributed by atoms with E-state index in [0.29, 0.717) is 30.2 Å². The predicted octanol–water partition coefficient (Wildman–Crippen LogP) is 4.04. The molecule has 35 heavy (non-hydrogen) atoms. The topological polar surface area (TPSA) is 71.1 Å². The Hall–Kier alpha value is -2.90. The molecule has 0 unspecified atom stereocenters. The van der Waals surface area contributed by atoms with E-state index < -0.39 is 0 Å². The molecule has 0 saturated heterocycles. The lowest BCUT2D eigenvalue weighted by molar-refractivity contribution is -0.117. The molecule has 1 fully saturated rings. The number of anilines is 1. The summed E-state index contributed by atoms with van der Waals surface area (Å²) >= 11 is 0. The molecule has 0 aromatic heterocycles. The van der Waals surface area contributed by atoms with Gasteiger partial charge in [0.05, 0.1) is 11.7 Å². The van der Waals surface area contributed by atoms with Crippen LogP contribution in [-0.2, 0) is 16.1 Å². The second-order valence-electron chi connectivity index (χ2n) is 9.99. The Bertz CT molecular complexity index is 1020. The number of fused-ring (bicyclic) bond motifs is 1. The first-order chi connectivity index (χ1) is 16.9. The van der Waals surface area contributed by atoms with Gasteiger partial charge in [0.25, 0.3) is 5.91 Å². The molecule has 188 valence electrons. The Balaban J connectivity index is 1.61. The van der Waals surface area contributed by atoms with Crippen molar-refractivity contribution in [3.63, 3.8) is 0 Å². The van der Waals surface area contributed by atoms with Crippen molar-refractivity contribution in [2.45, 2.75) is 45.4 Å². The summed E-state index contributed by atoms with van der Waals surface area (Å²) in [7, 11) is 3.50. The summed E-state index contributed by atoms with van der Waals surface area (Å²) in [5.74, 6) is 0.681. The fraction of sp³-hybridized carbons (Fsp3) is 0.500. The van der Waals surface area contributed by atoms with Crippen LogP contribution in [-0.4, -0.2) is 67.6 Å². The fourth-order valence-corrected chi connectivity index (χ4v) is 4.56. The summed E-state index contributed by atoms with van der Waals surface area (Å²) in [5.41, 5.74) is 2.32. The SMILES string of the molecule is CO[C@@H]1CN(C)C(=O)c2cc(NC(=O)C3CC3)ccc2OC[C@@H](C)N(Cc2ccccc2)C[C@H]1C. The summed E-state index contributed by atoms with van der Waals surface area (Å²) in [4.78, 5) is 29.8. The first-order valence-corrected chi connectivity index (χ1v) is 12.5. The normalized spacial score (nSPS) is 24.1. The average Bonchev–Trinajstić information content (AvgIpc) is 3.71. The molecule has 0 bridgehead atoms. The van der Waals surface area contributed by atoms with Crippen LogP contribution in [0.5, 0.6) is 5.75 Å². The minimum atomic E-state index is -0.147. The highest BCUT2D eigenvalue weighted by atomic mass is 16.5. The standard InChI is InChI=1S/C28H37N3O4/c1-19-15-31(16-21-8-6-5-7-9-21)20(2)18-35-25-13-12-23(29-27(32)22-10-11-22)14-24(25)28(33)30(3)17-26(19)34-4/h5-9,12-14,19-20,22,26H,10-11,15-18H2,1-4H3,(H,29,32)/t19-,20-,26-/m1/s1. The second-order valence-corrected chi connectivity index (χ2v) is 9.99. The van der Waals surface area contributed by atoms with Crippen LogP contribution >= 0.6 is 0 Å². The van der Waals surface area contributed by atoms with Crippen LogP contribution in [0.4, 0.5) is 5.69 Å². The van der Waals surface area contributed by atoms with Gasteiger partial charge in [0.1, 0.15) is 12.4 Å². The number of nitrogens with zero attached hydrogens (tertiary/aromatic N) is 2. The van der Waals surface area contributed by atoms with E-state index in [1.165, 1.54) is 5.56 Å². The number of ether oxygens (including phenoxy) is 2. The third-order valence-corrected chi connectivity index (χ3v) is 7.02. The van der Waals surface area contributed by atoms with E-state index in [2.05, 4.69) is 48.3 Å². The van der Waals surface area contributed by atoms with Crippen LogP contribution in [0.25, 0.3) is 0 Å². The molecule has 4 rings (SSSR count). The zero-order valence-corrected chi connectivity index (χ0v) is 21.2. The Labute approximate surface area is 208 Å². The van der Waals surface area contributed by atoms with Crippen LogP contribution in [0.15, 0.2) is 48.5 Å². The molecule has 2 aromatic carbocycles. The van der Waals surface area contributed by atoms with Crippen LogP contribution in [0.2, 0.25) is 0 Å². The average molecular weight is 480 g/mol. The van der Waals surface area contributed by atoms with Gasteiger partial charge in [0, 0.05) is 51.4 Å². The summed E-state index contributed by atoms with van der Waals surface area (Å²) in [5, 5.41) is 2.95. The number of likely N-dealkylation sites (N-methyl/N-ethyl adjacent to an activating group) is 1. The molecule has 7 nitrogen and oxygen atoms in total. The van der Waals surface area contributed by atoms with Crippen LogP contribution in [0.1, 0.15) is 42.6 Å². The van der Waals surface area contributed by atoms with E-state index in [-0.39, 0.29) is 35.8 Å². The van der Waals surface area contributed by atoms with Gasteiger partial charge in [-0.2, -0.15) is 0 Å². The Morgan fingerprint density at radius 1 is 1.11 bits per heavy atom. The summed E-state index contributed by atoms with van der Waals surface area (Å²) in [6.45, 7) is 6.85. The summed E-state index contributed by atoms with van der Waals surface area (Å²) < 4.78 is 12.1. The molecular weight excluding hydrogens is 442 g/mol. The number of amides is 2. The van der Waals surface area contributed by atoms with Crippen molar-refractivity contribution >= 4 is 17.5 Å². The quantitative estimate of drug-likeness (QED) is 0.701. The van der Waals surface area contributed by atoms with Crippen molar-refractivity contribution in [1.82, 2.24) is 9.80 Å². The van der Waals surface area contributed by atoms with E-state index in [1.807, 2.05) is 12.1 Å². The van der Waals surface area contributed by atoms with Crippen LogP contribution in [0.3, 0.4) is 0 Å². The monoisotopic (exact) mass is 479 g/mol. The second kappa shape index (κ2) is 11.2. The van der Waals surface area contributed by atoms with Crippen molar-refractivity contribution in [3.8, 4) is 5.75 Å². The Kier molecular flexibility index (Phi) is 8.08. The highest BCUT2D eigenvalue weighted by Crippen LogP contribution is 2.31. The number of hydrogen-bond donors (Lipinski definition) is 1. The summed E-state index contributed by atoms with van der Waals surface area (Å²) in [6, 6.07) is 15.9. The van der Waals surface area contributed by atoms with E-state index in [4.69, 9.17) is 9.47 Å². The molecule has 1 N–H and O–H groups in total. The van der Waals surface area contributed by atoms with Gasteiger partial charge in [-0.05, 0) is 49.4 Å². The maximum Gasteiger partial charge on any atom is 0.257 e. The molecule has 1 heterocycles. The van der Waals surface area contributed by atoms with Crippen molar-refractivity contribution in [3.05, 3.63) is 59.7 Å².